The molecule has 0 aromatic heterocycles. The first-order valence-electron chi connectivity index (χ1n) is 19.9. The zero-order valence-electron chi connectivity index (χ0n) is 33.0. The van der Waals surface area contributed by atoms with Gasteiger partial charge in [0.25, 0.3) is 0 Å². The quantitative estimate of drug-likeness (QED) is 0.103. The number of primary amides is 1. The minimum absolute atomic E-state index is 0.0349. The number of guanidine groups is 1. The second-order valence-corrected chi connectivity index (χ2v) is 16.1. The molecule has 1 aromatic carbocycles. The van der Waals surface area contributed by atoms with E-state index in [2.05, 4.69) is 26.3 Å². The lowest BCUT2D eigenvalue weighted by Crippen LogP contribution is -2.61. The maximum absolute atomic E-state index is 14.3. The predicted octanol–water partition coefficient (Wildman–Crippen LogP) is 1.36. The van der Waals surface area contributed by atoms with Crippen molar-refractivity contribution in [3.8, 4) is 5.75 Å². The maximum Gasteiger partial charge on any atom is 0.243 e. The van der Waals surface area contributed by atoms with Gasteiger partial charge in [-0.2, -0.15) is 0 Å². The van der Waals surface area contributed by atoms with E-state index < -0.39 is 65.2 Å². The van der Waals surface area contributed by atoms with E-state index in [-0.39, 0.29) is 43.6 Å². The molecule has 3 aliphatic rings. The largest absolute Gasteiger partial charge is 0.494 e. The number of amides is 6. The van der Waals surface area contributed by atoms with Crippen molar-refractivity contribution >= 4 is 47.5 Å². The number of carbonyl (C=O) groups is 6. The average molecular weight is 780 g/mol. The smallest absolute Gasteiger partial charge is 0.243 e. The van der Waals surface area contributed by atoms with Crippen molar-refractivity contribution < 1.29 is 33.5 Å². The average Bonchev–Trinajstić information content (AvgIpc) is 3.65. The van der Waals surface area contributed by atoms with Crippen LogP contribution in [0.1, 0.15) is 103 Å². The molecule has 1 aromatic rings. The van der Waals surface area contributed by atoms with E-state index in [1.165, 1.54) is 0 Å². The van der Waals surface area contributed by atoms with Crippen LogP contribution in [0.3, 0.4) is 0 Å². The van der Waals surface area contributed by atoms with Crippen LogP contribution in [0.15, 0.2) is 35.3 Å². The summed E-state index contributed by atoms with van der Waals surface area (Å²) in [7, 11) is 0. The Morgan fingerprint density at radius 3 is 2.41 bits per heavy atom. The molecule has 0 radical (unpaired) electrons. The molecule has 2 bridgehead atoms. The third-order valence-corrected chi connectivity index (χ3v) is 10.6. The molecule has 308 valence electrons. The van der Waals surface area contributed by atoms with Crippen molar-refractivity contribution in [2.24, 2.45) is 33.5 Å². The zero-order valence-corrected chi connectivity index (χ0v) is 33.0. The molecule has 2 heterocycles. The summed E-state index contributed by atoms with van der Waals surface area (Å²) < 4.78 is 5.94. The highest BCUT2D eigenvalue weighted by Crippen LogP contribution is 2.28. The molecule has 16 heteroatoms. The van der Waals surface area contributed by atoms with Crippen LogP contribution >= 0.6 is 0 Å². The molecule has 10 N–H and O–H groups in total. The molecule has 16 nitrogen and oxygen atoms in total. The van der Waals surface area contributed by atoms with E-state index in [1.807, 2.05) is 24.3 Å². The second-order valence-electron chi connectivity index (χ2n) is 16.1. The normalized spacial score (nSPS) is 23.3. The lowest BCUT2D eigenvalue weighted by atomic mass is 9.83. The van der Waals surface area contributed by atoms with Crippen molar-refractivity contribution in [2.75, 3.05) is 19.7 Å². The van der Waals surface area contributed by atoms with Crippen LogP contribution in [0, 0.1) is 11.3 Å². The van der Waals surface area contributed by atoms with Gasteiger partial charge < -0.3 is 48.1 Å². The lowest BCUT2D eigenvalue weighted by molar-refractivity contribution is -0.140. The number of nitrogens with zero attached hydrogens (tertiary/aromatic N) is 2. The van der Waals surface area contributed by atoms with Crippen molar-refractivity contribution in [1.82, 2.24) is 26.2 Å². The summed E-state index contributed by atoms with van der Waals surface area (Å²) in [6.45, 7) is 6.21. The highest BCUT2D eigenvalue weighted by Gasteiger charge is 2.39. The predicted molar refractivity (Wildman–Crippen MR) is 212 cm³/mol. The van der Waals surface area contributed by atoms with Crippen LogP contribution in [-0.4, -0.2) is 96.2 Å². The highest BCUT2D eigenvalue weighted by molar-refractivity contribution is 5.96. The van der Waals surface area contributed by atoms with Gasteiger partial charge in [-0.15, -0.1) is 0 Å². The molecule has 56 heavy (non-hydrogen) atoms. The number of hydrogen-bond donors (Lipinski definition) is 7. The fraction of sp³-hybridized carbons (Fsp3) is 0.625. The maximum atomic E-state index is 14.3. The van der Waals surface area contributed by atoms with Gasteiger partial charge in [0.05, 0.1) is 6.61 Å². The van der Waals surface area contributed by atoms with Crippen molar-refractivity contribution in [1.29, 1.82) is 0 Å². The van der Waals surface area contributed by atoms with Crippen LogP contribution in [0.5, 0.6) is 5.75 Å². The number of nitrogens with two attached hydrogens (primary N) is 3. The van der Waals surface area contributed by atoms with Crippen molar-refractivity contribution in [3.63, 3.8) is 0 Å². The number of nitrogens with one attached hydrogen (secondary N) is 4. The Morgan fingerprint density at radius 1 is 0.964 bits per heavy atom. The number of ether oxygens (including phenoxy) is 1. The minimum Gasteiger partial charge on any atom is -0.494 e. The van der Waals surface area contributed by atoms with E-state index in [4.69, 9.17) is 21.9 Å². The first-order chi connectivity index (χ1) is 26.6. The fourth-order valence-electron chi connectivity index (χ4n) is 7.55. The van der Waals surface area contributed by atoms with Gasteiger partial charge in [0.1, 0.15) is 36.0 Å². The van der Waals surface area contributed by atoms with Crippen molar-refractivity contribution in [3.05, 3.63) is 35.9 Å². The summed E-state index contributed by atoms with van der Waals surface area (Å²) in [6, 6.07) is 2.32. The van der Waals surface area contributed by atoms with Crippen LogP contribution in [0.4, 0.5) is 0 Å². The number of fused-ring (bicyclic) bond motifs is 3. The van der Waals surface area contributed by atoms with Crippen LogP contribution < -0.4 is 43.2 Å². The molecule has 4 rings (SSSR count). The molecule has 2 aliphatic heterocycles. The molecule has 1 unspecified atom stereocenters. The van der Waals surface area contributed by atoms with E-state index in [0.717, 1.165) is 24.8 Å². The van der Waals surface area contributed by atoms with Crippen LogP contribution in [0.2, 0.25) is 0 Å². The van der Waals surface area contributed by atoms with Gasteiger partial charge in [-0.1, -0.05) is 64.3 Å². The summed E-state index contributed by atoms with van der Waals surface area (Å²) in [4.78, 5) is 87.4. The molecule has 0 spiro atoms. The first kappa shape index (κ1) is 43.6. The molecular formula is C40H61N9O7. The molecule has 6 amide bonds. The van der Waals surface area contributed by atoms with E-state index in [1.54, 1.807) is 37.8 Å². The summed E-state index contributed by atoms with van der Waals surface area (Å²) in [5, 5.41) is 11.4. The van der Waals surface area contributed by atoms with E-state index >= 15 is 0 Å². The SMILES string of the molecule is CC(C)(C)[C@H](NC(=O)[C@H](CCCN=C(N)N)NC(=O)[C@@H]1C/C=C/c2cccc(c2)OCCCC(=O)N2CCCC2C(=O)N[C@@H](C2CCCCC2)C(=O)N1)C(N)=O. The van der Waals surface area contributed by atoms with Gasteiger partial charge in [-0.3, -0.25) is 33.8 Å². The minimum atomic E-state index is -1.17. The topological polar surface area (TPSA) is 253 Å². The Kier molecular flexibility index (Phi) is 16.1. The number of benzene rings is 1. The second kappa shape index (κ2) is 20.7. The molecule has 1 saturated heterocycles. The summed E-state index contributed by atoms with van der Waals surface area (Å²) in [5.41, 5.74) is 16.7. The zero-order chi connectivity index (χ0) is 40.8. The molecular weight excluding hydrogens is 718 g/mol. The van der Waals surface area contributed by atoms with Gasteiger partial charge >= 0.3 is 0 Å². The standard InChI is InChI=1S/C40H61N9O7/c1-40(2,3)33(34(41)51)48-36(53)29(18-9-21-44-39(42)43)45-35(52)28-17-8-13-25-12-7-16-27(24-25)56-23-11-20-31(50)49-22-10-19-30(49)37(54)47-32(38(55)46-28)26-14-5-4-6-15-26/h7-8,12-13,16,24,26,28-30,32-33H,4-6,9-11,14-15,17-23H2,1-3H3,(H2,41,51)(H,45,52)(H,46,55)(H,47,54)(H,48,53)(H4,42,43,44)/b13-8+/t28-,29-,30?,32-,33+/m0/s1. The van der Waals surface area contributed by atoms with Gasteiger partial charge in [-0.25, -0.2) is 0 Å². The lowest BCUT2D eigenvalue weighted by Gasteiger charge is -2.33. The highest BCUT2D eigenvalue weighted by atomic mass is 16.5. The van der Waals surface area contributed by atoms with Gasteiger partial charge in [0.2, 0.25) is 35.4 Å². The monoisotopic (exact) mass is 779 g/mol. The van der Waals surface area contributed by atoms with Crippen molar-refractivity contribution in [2.45, 2.75) is 128 Å². The fourth-order valence-corrected chi connectivity index (χ4v) is 7.55. The number of hydrogen-bond acceptors (Lipinski definition) is 8. The molecule has 2 fully saturated rings. The third-order valence-electron chi connectivity index (χ3n) is 10.6. The van der Waals surface area contributed by atoms with Gasteiger partial charge in [0, 0.05) is 19.5 Å². The Bertz CT molecular complexity index is 1610. The van der Waals surface area contributed by atoms with Crippen LogP contribution in [-0.2, 0) is 28.8 Å². The summed E-state index contributed by atoms with van der Waals surface area (Å²) in [6.07, 6.45) is 10.1. The molecule has 5 atom stereocenters. The summed E-state index contributed by atoms with van der Waals surface area (Å²) in [5.74, 6) is -2.78. The first-order valence-corrected chi connectivity index (χ1v) is 19.9. The Hall–Kier alpha value is -5.15. The number of carbonyl (C=O) groups excluding carboxylic acids is 6. The van der Waals surface area contributed by atoms with E-state index in [9.17, 15) is 28.8 Å². The van der Waals surface area contributed by atoms with Gasteiger partial charge in [-0.05, 0) is 80.4 Å². The molecule has 1 saturated carbocycles. The van der Waals surface area contributed by atoms with Crippen LogP contribution in [0.25, 0.3) is 6.08 Å². The number of aliphatic imine (C=N–C) groups is 1. The Balaban J connectivity index is 1.66. The van der Waals surface area contributed by atoms with Gasteiger partial charge in [0.15, 0.2) is 5.96 Å². The third kappa shape index (κ3) is 13.0. The Labute approximate surface area is 329 Å². The number of rotatable bonds is 10. The Morgan fingerprint density at radius 2 is 1.71 bits per heavy atom. The summed E-state index contributed by atoms with van der Waals surface area (Å²) >= 11 is 0. The van der Waals surface area contributed by atoms with E-state index in [0.29, 0.717) is 57.4 Å². The molecule has 1 aliphatic carbocycles.